The van der Waals surface area contributed by atoms with E-state index >= 15 is 0 Å². The van der Waals surface area contributed by atoms with Crippen LogP contribution in [0.3, 0.4) is 0 Å². The first-order valence-corrected chi connectivity index (χ1v) is 3.72. The summed E-state index contributed by atoms with van der Waals surface area (Å²) in [5.41, 5.74) is 1.26. The van der Waals surface area contributed by atoms with Gasteiger partial charge < -0.3 is 4.42 Å². The van der Waals surface area contributed by atoms with Crippen LogP contribution in [-0.4, -0.2) is 4.98 Å². The second-order valence-electron chi connectivity index (χ2n) is 2.06. The summed E-state index contributed by atoms with van der Waals surface area (Å²) < 4.78 is 5.00. The molecule has 0 radical (unpaired) electrons. The van der Waals surface area contributed by atoms with Gasteiger partial charge in [0.05, 0.1) is 10.0 Å². The molecule has 1 aromatic carbocycles. The average Bonchev–Trinajstić information content (AvgIpc) is 2.45. The molecule has 56 valence electrons. The van der Waals surface area contributed by atoms with Gasteiger partial charge in [0.15, 0.2) is 12.0 Å². The highest BCUT2D eigenvalue weighted by molar-refractivity contribution is 6.44. The van der Waals surface area contributed by atoms with Crippen LogP contribution in [0.4, 0.5) is 0 Å². The number of halogens is 2. The van der Waals surface area contributed by atoms with Gasteiger partial charge in [-0.15, -0.1) is 0 Å². The van der Waals surface area contributed by atoms with E-state index in [2.05, 4.69) is 4.98 Å². The fraction of sp³-hybridized carbons (Fsp3) is 0. The molecule has 4 heteroatoms. The molecule has 0 bridgehead atoms. The Morgan fingerprint density at radius 2 is 2.09 bits per heavy atom. The first-order chi connectivity index (χ1) is 5.29. The van der Waals surface area contributed by atoms with Crippen LogP contribution in [0.1, 0.15) is 0 Å². The SMILES string of the molecule is Clc1ccc2ocnc2c1Cl. The molecule has 0 atom stereocenters. The summed E-state index contributed by atoms with van der Waals surface area (Å²) in [7, 11) is 0. The number of rotatable bonds is 0. The molecular formula is C7H3Cl2NO. The Bertz CT molecular complexity index is 396. The van der Waals surface area contributed by atoms with Crippen LogP contribution in [0.2, 0.25) is 10.0 Å². The van der Waals surface area contributed by atoms with Crippen LogP contribution < -0.4 is 0 Å². The molecule has 2 rings (SSSR count). The van der Waals surface area contributed by atoms with E-state index in [-0.39, 0.29) is 0 Å². The van der Waals surface area contributed by atoms with Crippen molar-refractivity contribution in [3.8, 4) is 0 Å². The number of oxazole rings is 1. The van der Waals surface area contributed by atoms with Gasteiger partial charge in [-0.2, -0.15) is 0 Å². The Morgan fingerprint density at radius 3 is 2.91 bits per heavy atom. The predicted octanol–water partition coefficient (Wildman–Crippen LogP) is 3.13. The zero-order chi connectivity index (χ0) is 7.84. The summed E-state index contributed by atoms with van der Waals surface area (Å²) in [4.78, 5) is 3.90. The lowest BCUT2D eigenvalue weighted by atomic mass is 10.3. The zero-order valence-corrected chi connectivity index (χ0v) is 6.86. The average molecular weight is 188 g/mol. The van der Waals surface area contributed by atoms with E-state index in [1.54, 1.807) is 12.1 Å². The quantitative estimate of drug-likeness (QED) is 0.634. The van der Waals surface area contributed by atoms with E-state index in [9.17, 15) is 0 Å². The molecule has 0 N–H and O–H groups in total. The monoisotopic (exact) mass is 187 g/mol. The maximum absolute atomic E-state index is 5.81. The van der Waals surface area contributed by atoms with E-state index in [0.717, 1.165) is 0 Å². The van der Waals surface area contributed by atoms with Crippen molar-refractivity contribution in [2.45, 2.75) is 0 Å². The van der Waals surface area contributed by atoms with E-state index in [0.29, 0.717) is 21.1 Å². The van der Waals surface area contributed by atoms with E-state index < -0.39 is 0 Å². The van der Waals surface area contributed by atoms with Gasteiger partial charge in [-0.25, -0.2) is 4.98 Å². The van der Waals surface area contributed by atoms with Gasteiger partial charge in [0, 0.05) is 0 Å². The third kappa shape index (κ3) is 0.988. The second-order valence-corrected chi connectivity index (χ2v) is 2.85. The summed E-state index contributed by atoms with van der Waals surface area (Å²) in [5, 5.41) is 0.936. The van der Waals surface area contributed by atoms with Gasteiger partial charge in [-0.05, 0) is 12.1 Å². The lowest BCUT2D eigenvalue weighted by Gasteiger charge is -1.92. The van der Waals surface area contributed by atoms with Crippen molar-refractivity contribution in [3.05, 3.63) is 28.6 Å². The molecule has 0 amide bonds. The molecule has 0 aliphatic carbocycles. The topological polar surface area (TPSA) is 26.0 Å². The second kappa shape index (κ2) is 2.40. The third-order valence-corrected chi connectivity index (χ3v) is 2.19. The largest absolute Gasteiger partial charge is 0.443 e. The molecule has 1 heterocycles. The summed E-state index contributed by atoms with van der Waals surface area (Å²) in [5.74, 6) is 0. The summed E-state index contributed by atoms with van der Waals surface area (Å²) in [6.07, 6.45) is 1.34. The lowest BCUT2D eigenvalue weighted by molar-refractivity contribution is 0.602. The fourth-order valence-corrected chi connectivity index (χ4v) is 1.23. The van der Waals surface area contributed by atoms with Crippen LogP contribution >= 0.6 is 23.2 Å². The normalized spacial score (nSPS) is 10.7. The van der Waals surface area contributed by atoms with Crippen molar-refractivity contribution >= 4 is 34.3 Å². The highest BCUT2D eigenvalue weighted by atomic mass is 35.5. The highest BCUT2D eigenvalue weighted by Crippen LogP contribution is 2.29. The molecular weight excluding hydrogens is 185 g/mol. The molecule has 1 aromatic heterocycles. The summed E-state index contributed by atoms with van der Waals surface area (Å²) in [6.45, 7) is 0. The Hall–Kier alpha value is -0.730. The maximum Gasteiger partial charge on any atom is 0.182 e. The highest BCUT2D eigenvalue weighted by Gasteiger charge is 2.05. The molecule has 0 saturated carbocycles. The number of aromatic nitrogens is 1. The van der Waals surface area contributed by atoms with Gasteiger partial charge in [0.1, 0.15) is 5.52 Å². The van der Waals surface area contributed by atoms with Crippen molar-refractivity contribution in [3.63, 3.8) is 0 Å². The standard InChI is InChI=1S/C7H3Cl2NO/c8-4-1-2-5-7(6(4)9)10-3-11-5/h1-3H. The predicted molar refractivity (Wildman–Crippen MR) is 44.0 cm³/mol. The summed E-state index contributed by atoms with van der Waals surface area (Å²) in [6, 6.07) is 3.41. The maximum atomic E-state index is 5.81. The minimum atomic E-state index is 0.443. The molecule has 0 fully saturated rings. The van der Waals surface area contributed by atoms with Crippen molar-refractivity contribution in [1.82, 2.24) is 4.98 Å². The molecule has 0 unspecified atom stereocenters. The van der Waals surface area contributed by atoms with Gasteiger partial charge >= 0.3 is 0 Å². The Morgan fingerprint density at radius 1 is 1.27 bits per heavy atom. The summed E-state index contributed by atoms with van der Waals surface area (Å²) >= 11 is 11.5. The number of fused-ring (bicyclic) bond motifs is 1. The van der Waals surface area contributed by atoms with Crippen molar-refractivity contribution < 1.29 is 4.42 Å². The van der Waals surface area contributed by atoms with Crippen LogP contribution in [0.5, 0.6) is 0 Å². The Labute approximate surface area is 72.7 Å². The lowest BCUT2D eigenvalue weighted by Crippen LogP contribution is -1.71. The van der Waals surface area contributed by atoms with Crippen molar-refractivity contribution in [1.29, 1.82) is 0 Å². The fourth-order valence-electron chi connectivity index (χ4n) is 0.873. The van der Waals surface area contributed by atoms with Crippen LogP contribution in [0, 0.1) is 0 Å². The first kappa shape index (κ1) is 6.95. The molecule has 0 aliphatic heterocycles. The number of hydrogen-bond acceptors (Lipinski definition) is 2. The smallest absolute Gasteiger partial charge is 0.182 e. The molecule has 11 heavy (non-hydrogen) atoms. The molecule has 0 aliphatic rings. The van der Waals surface area contributed by atoms with Crippen LogP contribution in [0.25, 0.3) is 11.1 Å². The molecule has 2 nitrogen and oxygen atoms in total. The molecule has 0 saturated heterocycles. The van der Waals surface area contributed by atoms with Gasteiger partial charge in [0.2, 0.25) is 0 Å². The van der Waals surface area contributed by atoms with Crippen molar-refractivity contribution in [2.24, 2.45) is 0 Å². The van der Waals surface area contributed by atoms with Crippen LogP contribution in [0.15, 0.2) is 22.9 Å². The molecule has 2 aromatic rings. The van der Waals surface area contributed by atoms with E-state index in [1.165, 1.54) is 6.39 Å². The van der Waals surface area contributed by atoms with E-state index in [1.807, 2.05) is 0 Å². The molecule has 0 spiro atoms. The van der Waals surface area contributed by atoms with Crippen molar-refractivity contribution in [2.75, 3.05) is 0 Å². The van der Waals surface area contributed by atoms with E-state index in [4.69, 9.17) is 27.6 Å². The number of hydrogen-bond donors (Lipinski definition) is 0. The van der Waals surface area contributed by atoms with Gasteiger partial charge in [-0.1, -0.05) is 23.2 Å². The number of nitrogens with zero attached hydrogens (tertiary/aromatic N) is 1. The zero-order valence-electron chi connectivity index (χ0n) is 5.34. The van der Waals surface area contributed by atoms with Crippen LogP contribution in [-0.2, 0) is 0 Å². The first-order valence-electron chi connectivity index (χ1n) is 2.96. The van der Waals surface area contributed by atoms with Gasteiger partial charge in [0.25, 0.3) is 0 Å². The Balaban J connectivity index is 2.93. The minimum Gasteiger partial charge on any atom is -0.443 e. The minimum absolute atomic E-state index is 0.443. The Kier molecular flexibility index (Phi) is 1.51. The van der Waals surface area contributed by atoms with Gasteiger partial charge in [-0.3, -0.25) is 0 Å². The number of benzene rings is 1. The third-order valence-electron chi connectivity index (χ3n) is 1.39.